The van der Waals surface area contributed by atoms with Crippen LogP contribution in [0.15, 0.2) is 51.8 Å². The number of ketones is 1. The van der Waals surface area contributed by atoms with E-state index in [2.05, 4.69) is 10.2 Å². The fraction of sp³-hybridized carbons (Fsp3) is 0.353. The van der Waals surface area contributed by atoms with Crippen molar-refractivity contribution in [2.75, 3.05) is 14.2 Å². The number of methoxy groups -OCH3 is 2. The summed E-state index contributed by atoms with van der Waals surface area (Å²) in [7, 11) is 2.37. The van der Waals surface area contributed by atoms with Crippen LogP contribution in [0.2, 0.25) is 14.8 Å². The molecule has 0 bridgehead atoms. The van der Waals surface area contributed by atoms with Gasteiger partial charge in [0.25, 0.3) is 0 Å². The molecule has 1 aromatic rings. The molecule has 0 spiro atoms. The number of carbonyl (C=O) groups is 3. The molecule has 0 saturated carbocycles. The Hall–Kier alpha value is -2.03. The SMILES string of the molecule is COC(=O)C1=C(C(=O)OC)[C](C(=O)c2ccccc2)([Sn]([CH3])([CH3])[CH3])N=N1. The van der Waals surface area contributed by atoms with Gasteiger partial charge in [0.15, 0.2) is 0 Å². The van der Waals surface area contributed by atoms with E-state index in [1.807, 2.05) is 14.8 Å². The van der Waals surface area contributed by atoms with Crippen LogP contribution in [0.25, 0.3) is 0 Å². The van der Waals surface area contributed by atoms with E-state index in [9.17, 15) is 14.4 Å². The molecule has 25 heavy (non-hydrogen) atoms. The molecule has 1 aliphatic heterocycles. The summed E-state index contributed by atoms with van der Waals surface area (Å²) in [5, 5.41) is 8.09. The van der Waals surface area contributed by atoms with Crippen LogP contribution in [0.5, 0.6) is 0 Å². The average molecular weight is 451 g/mol. The number of carbonyl (C=O) groups excluding carboxylic acids is 3. The van der Waals surface area contributed by atoms with Crippen LogP contribution >= 0.6 is 0 Å². The van der Waals surface area contributed by atoms with Gasteiger partial charge in [0.2, 0.25) is 0 Å². The van der Waals surface area contributed by atoms with E-state index < -0.39 is 33.9 Å². The van der Waals surface area contributed by atoms with Crippen LogP contribution in [-0.4, -0.2) is 53.9 Å². The van der Waals surface area contributed by atoms with Gasteiger partial charge in [-0.1, -0.05) is 0 Å². The van der Waals surface area contributed by atoms with E-state index in [1.54, 1.807) is 30.3 Å². The van der Waals surface area contributed by atoms with Gasteiger partial charge in [-0.2, -0.15) is 0 Å². The molecule has 1 atom stereocenters. The molecule has 0 radical (unpaired) electrons. The summed E-state index contributed by atoms with van der Waals surface area (Å²) in [6, 6.07) is 8.56. The molecule has 8 heteroatoms. The molecule has 132 valence electrons. The van der Waals surface area contributed by atoms with E-state index in [0.29, 0.717) is 5.56 Å². The molecule has 0 aliphatic carbocycles. The summed E-state index contributed by atoms with van der Waals surface area (Å²) in [5.41, 5.74) is 0.0323. The Morgan fingerprint density at radius 1 is 0.960 bits per heavy atom. The number of rotatable bonds is 5. The fourth-order valence-electron chi connectivity index (χ4n) is 2.81. The molecule has 1 aromatic carbocycles. The minimum absolute atomic E-state index is 0.112. The quantitative estimate of drug-likeness (QED) is 0.390. The molecule has 0 fully saturated rings. The summed E-state index contributed by atoms with van der Waals surface area (Å²) in [6.45, 7) is 0. The van der Waals surface area contributed by atoms with E-state index in [1.165, 1.54) is 14.2 Å². The summed E-state index contributed by atoms with van der Waals surface area (Å²) in [5.74, 6) is -1.96. The van der Waals surface area contributed by atoms with Crippen molar-refractivity contribution in [3.05, 3.63) is 47.2 Å². The Kier molecular flexibility index (Phi) is 5.46. The van der Waals surface area contributed by atoms with Crippen molar-refractivity contribution in [3.8, 4) is 0 Å². The Morgan fingerprint density at radius 3 is 2.00 bits per heavy atom. The van der Waals surface area contributed by atoms with E-state index >= 15 is 0 Å². The van der Waals surface area contributed by atoms with Gasteiger partial charge < -0.3 is 0 Å². The van der Waals surface area contributed by atoms with Gasteiger partial charge in [-0.3, -0.25) is 0 Å². The fourth-order valence-corrected chi connectivity index (χ4v) is 8.93. The van der Waals surface area contributed by atoms with Crippen molar-refractivity contribution in [2.24, 2.45) is 10.2 Å². The van der Waals surface area contributed by atoms with Gasteiger partial charge in [-0.15, -0.1) is 0 Å². The van der Waals surface area contributed by atoms with Gasteiger partial charge in [0.05, 0.1) is 0 Å². The van der Waals surface area contributed by atoms with E-state index in [-0.39, 0.29) is 17.1 Å². The molecule has 0 amide bonds. The third-order valence-electron chi connectivity index (χ3n) is 4.12. The Labute approximate surface area is 150 Å². The zero-order valence-electron chi connectivity index (χ0n) is 14.8. The molecule has 1 heterocycles. The van der Waals surface area contributed by atoms with Crippen molar-refractivity contribution in [1.29, 1.82) is 0 Å². The number of nitrogens with zero attached hydrogens (tertiary/aromatic N) is 2. The number of azo groups is 1. The predicted molar refractivity (Wildman–Crippen MR) is 92.8 cm³/mol. The van der Waals surface area contributed by atoms with Crippen LogP contribution in [0.4, 0.5) is 0 Å². The number of esters is 2. The van der Waals surface area contributed by atoms with Gasteiger partial charge in [-0.25, -0.2) is 0 Å². The van der Waals surface area contributed by atoms with Gasteiger partial charge in [0.1, 0.15) is 0 Å². The zero-order chi connectivity index (χ0) is 18.8. The number of ether oxygens (including phenoxy) is 2. The monoisotopic (exact) mass is 452 g/mol. The maximum absolute atomic E-state index is 13.4. The Bertz CT molecular complexity index is 780. The van der Waals surface area contributed by atoms with Crippen molar-refractivity contribution in [3.63, 3.8) is 0 Å². The molecular weight excluding hydrogens is 431 g/mol. The molecule has 1 unspecified atom stereocenters. The Morgan fingerprint density at radius 2 is 1.52 bits per heavy atom. The summed E-state index contributed by atoms with van der Waals surface area (Å²) < 4.78 is 8.08. The van der Waals surface area contributed by atoms with Crippen LogP contribution in [-0.2, 0) is 19.1 Å². The van der Waals surface area contributed by atoms with Crippen molar-refractivity contribution >= 4 is 36.1 Å². The van der Waals surface area contributed by atoms with Crippen molar-refractivity contribution in [1.82, 2.24) is 0 Å². The topological polar surface area (TPSA) is 94.4 Å². The van der Waals surface area contributed by atoms with Crippen LogP contribution in [0.1, 0.15) is 10.4 Å². The third kappa shape index (κ3) is 3.12. The predicted octanol–water partition coefficient (Wildman–Crippen LogP) is 2.55. The number of Topliss-reactive ketones (excluding diaryl/α,β-unsaturated/α-hetero) is 1. The third-order valence-corrected chi connectivity index (χ3v) is 12.0. The maximum atomic E-state index is 13.4. The van der Waals surface area contributed by atoms with Crippen molar-refractivity contribution in [2.45, 2.75) is 18.4 Å². The standard InChI is InChI=1S/C14H11N2O5.3CH3.Sn/c1-20-13(18)9-10(15-16-11(9)14(19)21-2)12(17)8-6-4-3-5-7-8;;;;/h3-7H,1-2H3;3*1H3;. The van der Waals surface area contributed by atoms with Crippen LogP contribution < -0.4 is 0 Å². The molecule has 0 aromatic heterocycles. The van der Waals surface area contributed by atoms with Crippen LogP contribution in [0.3, 0.4) is 0 Å². The summed E-state index contributed by atoms with van der Waals surface area (Å²) in [6.07, 6.45) is 0. The van der Waals surface area contributed by atoms with Gasteiger partial charge in [-0.05, 0) is 0 Å². The van der Waals surface area contributed by atoms with E-state index in [0.717, 1.165) is 0 Å². The number of hydrogen-bond acceptors (Lipinski definition) is 7. The van der Waals surface area contributed by atoms with Gasteiger partial charge in [0, 0.05) is 0 Å². The Balaban J connectivity index is 2.79. The normalized spacial score (nSPS) is 19.7. The van der Waals surface area contributed by atoms with Gasteiger partial charge >= 0.3 is 150 Å². The molecule has 1 aliphatic rings. The molecule has 2 rings (SSSR count). The first-order valence-electron chi connectivity index (χ1n) is 7.65. The minimum atomic E-state index is -3.40. The van der Waals surface area contributed by atoms with Crippen LogP contribution in [0, 0.1) is 0 Å². The second-order valence-corrected chi connectivity index (χ2v) is 21.5. The molecule has 0 saturated heterocycles. The second-order valence-electron chi connectivity index (χ2n) is 6.56. The second kappa shape index (κ2) is 7.07. The summed E-state index contributed by atoms with van der Waals surface area (Å²) >= 11 is -3.40. The zero-order valence-corrected chi connectivity index (χ0v) is 17.7. The van der Waals surface area contributed by atoms with E-state index in [4.69, 9.17) is 9.47 Å². The first-order valence-corrected chi connectivity index (χ1v) is 17.6. The first kappa shape index (κ1) is 19.3. The first-order chi connectivity index (χ1) is 11.7. The molecule has 0 N–H and O–H groups in total. The average Bonchev–Trinajstić information content (AvgIpc) is 3.02. The summed E-state index contributed by atoms with van der Waals surface area (Å²) in [4.78, 5) is 43.9. The van der Waals surface area contributed by atoms with Crippen molar-refractivity contribution < 1.29 is 23.9 Å². The number of benzene rings is 1. The number of hydrogen-bond donors (Lipinski definition) is 0. The molecule has 7 nitrogen and oxygen atoms in total. The molecular formula is C17H20N2O5Sn.